The number of carbonyl (C=O) groups excluding carboxylic acids is 1. The summed E-state index contributed by atoms with van der Waals surface area (Å²) in [4.78, 5) is 14.6. The van der Waals surface area contributed by atoms with Crippen LogP contribution in [-0.4, -0.2) is 44.0 Å². The second-order valence-corrected chi connectivity index (χ2v) is 8.45. The van der Waals surface area contributed by atoms with Crippen molar-refractivity contribution >= 4 is 15.9 Å². The largest absolute Gasteiger partial charge is 0.497 e. The summed E-state index contributed by atoms with van der Waals surface area (Å²) in [6.45, 7) is 3.29. The second kappa shape index (κ2) is 7.74. The van der Waals surface area contributed by atoms with E-state index in [1.807, 2.05) is 12.1 Å². The highest BCUT2D eigenvalue weighted by Crippen LogP contribution is 2.22. The number of nitrogens with one attached hydrogen (secondary N) is 1. The molecule has 1 N–H and O–H groups in total. The summed E-state index contributed by atoms with van der Waals surface area (Å²) >= 11 is 0. The molecule has 0 spiro atoms. The Morgan fingerprint density at radius 2 is 1.93 bits per heavy atom. The number of methoxy groups -OCH3 is 1. The lowest BCUT2D eigenvalue weighted by molar-refractivity contribution is 0.0783. The van der Waals surface area contributed by atoms with Crippen molar-refractivity contribution < 1.29 is 17.9 Å². The molecule has 1 aliphatic rings. The van der Waals surface area contributed by atoms with Gasteiger partial charge in [0, 0.05) is 32.4 Å². The first kappa shape index (κ1) is 19.4. The van der Waals surface area contributed by atoms with Gasteiger partial charge in [0.1, 0.15) is 16.3 Å². The molecule has 0 saturated carbocycles. The van der Waals surface area contributed by atoms with E-state index < -0.39 is 10.0 Å². The van der Waals surface area contributed by atoms with E-state index in [1.165, 1.54) is 6.07 Å². The van der Waals surface area contributed by atoms with Gasteiger partial charge in [0.2, 0.25) is 10.0 Å². The van der Waals surface area contributed by atoms with Crippen molar-refractivity contribution in [3.63, 3.8) is 0 Å². The molecule has 0 radical (unpaired) electrons. The number of rotatable bonds is 6. The van der Waals surface area contributed by atoms with Gasteiger partial charge in [-0.15, -0.1) is 0 Å². The highest BCUT2D eigenvalue weighted by atomic mass is 32.2. The van der Waals surface area contributed by atoms with Crippen molar-refractivity contribution in [1.82, 2.24) is 14.2 Å². The molecule has 1 aromatic carbocycles. The minimum atomic E-state index is -3.75. The van der Waals surface area contributed by atoms with E-state index in [-0.39, 0.29) is 17.3 Å². The molecule has 1 fully saturated rings. The van der Waals surface area contributed by atoms with Crippen molar-refractivity contribution in [3.8, 4) is 5.75 Å². The molecule has 1 saturated heterocycles. The highest BCUT2D eigenvalue weighted by molar-refractivity contribution is 7.89. The highest BCUT2D eigenvalue weighted by Gasteiger charge is 2.27. The number of hydrogen-bond acceptors (Lipinski definition) is 4. The summed E-state index contributed by atoms with van der Waals surface area (Å²) in [5, 5.41) is 0. The molecule has 7 nitrogen and oxygen atoms in total. The predicted molar refractivity (Wildman–Crippen MR) is 102 cm³/mol. The van der Waals surface area contributed by atoms with Gasteiger partial charge < -0.3 is 14.2 Å². The van der Waals surface area contributed by atoms with E-state index in [1.54, 1.807) is 42.7 Å². The number of aromatic nitrogens is 1. The number of carbonyl (C=O) groups is 1. The average Bonchev–Trinajstić information content (AvgIpc) is 3.30. The van der Waals surface area contributed by atoms with Crippen molar-refractivity contribution in [2.45, 2.75) is 31.2 Å². The lowest BCUT2D eigenvalue weighted by atomic mass is 10.2. The van der Waals surface area contributed by atoms with Crippen LogP contribution in [0.1, 0.15) is 34.6 Å². The summed E-state index contributed by atoms with van der Waals surface area (Å²) in [5.74, 6) is 0.549. The molecule has 2 heterocycles. The Morgan fingerprint density at radius 1 is 1.22 bits per heavy atom. The van der Waals surface area contributed by atoms with Gasteiger partial charge in [-0.3, -0.25) is 4.79 Å². The van der Waals surface area contributed by atoms with Crippen LogP contribution in [0.25, 0.3) is 0 Å². The summed E-state index contributed by atoms with van der Waals surface area (Å²) in [6.07, 6.45) is 1.98. The fourth-order valence-corrected chi connectivity index (χ4v) is 4.57. The van der Waals surface area contributed by atoms with Crippen LogP contribution in [0.2, 0.25) is 0 Å². The molecule has 27 heavy (non-hydrogen) atoms. The molecule has 3 rings (SSSR count). The molecule has 8 heteroatoms. The minimum Gasteiger partial charge on any atom is -0.497 e. The van der Waals surface area contributed by atoms with Gasteiger partial charge in [-0.1, -0.05) is 12.1 Å². The van der Waals surface area contributed by atoms with Crippen LogP contribution in [0, 0.1) is 6.92 Å². The molecule has 1 aromatic heterocycles. The minimum absolute atomic E-state index is 0.118. The van der Waals surface area contributed by atoms with Gasteiger partial charge >= 0.3 is 0 Å². The predicted octanol–water partition coefficient (Wildman–Crippen LogP) is 2.06. The summed E-state index contributed by atoms with van der Waals surface area (Å²) in [6, 6.07) is 8.69. The van der Waals surface area contributed by atoms with Crippen LogP contribution >= 0.6 is 0 Å². The van der Waals surface area contributed by atoms with Gasteiger partial charge in [-0.25, -0.2) is 13.1 Å². The third-order valence-corrected chi connectivity index (χ3v) is 6.51. The molecule has 1 amide bonds. The molecule has 1 aliphatic heterocycles. The average molecular weight is 391 g/mol. The Morgan fingerprint density at radius 3 is 2.59 bits per heavy atom. The number of nitrogens with zero attached hydrogens (tertiary/aromatic N) is 2. The van der Waals surface area contributed by atoms with Crippen molar-refractivity contribution in [2.75, 3.05) is 20.2 Å². The summed E-state index contributed by atoms with van der Waals surface area (Å²) in [7, 11) is -0.463. The lowest BCUT2D eigenvalue weighted by Crippen LogP contribution is -2.29. The van der Waals surface area contributed by atoms with Crippen molar-refractivity contribution in [1.29, 1.82) is 0 Å². The van der Waals surface area contributed by atoms with Gasteiger partial charge in [-0.05, 0) is 43.5 Å². The van der Waals surface area contributed by atoms with E-state index in [0.717, 1.165) is 31.5 Å². The third kappa shape index (κ3) is 4.01. The van der Waals surface area contributed by atoms with E-state index in [4.69, 9.17) is 4.74 Å². The van der Waals surface area contributed by atoms with Crippen LogP contribution in [0.3, 0.4) is 0 Å². The van der Waals surface area contributed by atoms with Gasteiger partial charge in [0.25, 0.3) is 5.91 Å². The molecule has 0 unspecified atom stereocenters. The van der Waals surface area contributed by atoms with E-state index in [2.05, 4.69) is 4.72 Å². The topological polar surface area (TPSA) is 80.6 Å². The zero-order chi connectivity index (χ0) is 19.6. The zero-order valence-electron chi connectivity index (χ0n) is 15.9. The third-order valence-electron chi connectivity index (χ3n) is 4.99. The first-order chi connectivity index (χ1) is 12.8. The fraction of sp³-hybridized carbons (Fsp3) is 0.421. The Kier molecular flexibility index (Phi) is 5.57. The first-order valence-corrected chi connectivity index (χ1v) is 10.4. The van der Waals surface area contributed by atoms with Gasteiger partial charge in [-0.2, -0.15) is 0 Å². The van der Waals surface area contributed by atoms with Crippen molar-refractivity contribution in [2.24, 2.45) is 7.05 Å². The molecule has 0 atom stereocenters. The molecular weight excluding hydrogens is 366 g/mol. The molecule has 2 aromatic rings. The number of amides is 1. The van der Waals surface area contributed by atoms with E-state index in [0.29, 0.717) is 17.1 Å². The number of ether oxygens (including phenoxy) is 1. The summed E-state index contributed by atoms with van der Waals surface area (Å²) < 4.78 is 35.0. The fourth-order valence-electron chi connectivity index (χ4n) is 3.27. The SMILES string of the molecule is COc1cccc(CNS(=O)(=O)c2cc(C(=O)N3CCCC3)n(C)c2C)c1. The van der Waals surface area contributed by atoms with Gasteiger partial charge in [0.05, 0.1) is 7.11 Å². The number of benzene rings is 1. The Balaban J connectivity index is 1.81. The molecule has 146 valence electrons. The maximum absolute atomic E-state index is 12.8. The standard InChI is InChI=1S/C19H25N3O4S/c1-14-18(12-17(21(14)2)19(23)22-9-4-5-10-22)27(24,25)20-13-15-7-6-8-16(11-15)26-3/h6-8,11-12,20H,4-5,9-10,13H2,1-3H3. The van der Waals surface area contributed by atoms with E-state index in [9.17, 15) is 13.2 Å². The second-order valence-electron chi connectivity index (χ2n) is 6.71. The Labute approximate surface area is 160 Å². The normalized spacial score (nSPS) is 14.6. The summed E-state index contributed by atoms with van der Waals surface area (Å²) in [5.41, 5.74) is 1.73. The molecular formula is C19H25N3O4S. The van der Waals surface area contributed by atoms with Crippen LogP contribution in [-0.2, 0) is 23.6 Å². The van der Waals surface area contributed by atoms with E-state index >= 15 is 0 Å². The quantitative estimate of drug-likeness (QED) is 0.817. The number of likely N-dealkylation sites (tertiary alicyclic amines) is 1. The maximum atomic E-state index is 12.8. The van der Waals surface area contributed by atoms with Crippen LogP contribution in [0.4, 0.5) is 0 Å². The Bertz CT molecular complexity index is 944. The molecule has 0 bridgehead atoms. The van der Waals surface area contributed by atoms with Crippen LogP contribution in [0.5, 0.6) is 5.75 Å². The lowest BCUT2D eigenvalue weighted by Gasteiger charge is -2.15. The number of sulfonamides is 1. The first-order valence-electron chi connectivity index (χ1n) is 8.91. The molecule has 0 aliphatic carbocycles. The Hall–Kier alpha value is -2.32. The van der Waals surface area contributed by atoms with Gasteiger partial charge in [0.15, 0.2) is 0 Å². The zero-order valence-corrected chi connectivity index (χ0v) is 16.7. The smallest absolute Gasteiger partial charge is 0.270 e. The van der Waals surface area contributed by atoms with Crippen LogP contribution in [0.15, 0.2) is 35.2 Å². The van der Waals surface area contributed by atoms with Crippen molar-refractivity contribution in [3.05, 3.63) is 47.3 Å². The van der Waals surface area contributed by atoms with Crippen LogP contribution < -0.4 is 9.46 Å². The monoisotopic (exact) mass is 391 g/mol. The maximum Gasteiger partial charge on any atom is 0.270 e. The number of hydrogen-bond donors (Lipinski definition) is 1.